The number of nitrogens with one attached hydrogen (secondary N) is 1. The Balaban J connectivity index is 1.73. The molecule has 2 aliphatic heterocycles. The van der Waals surface area contributed by atoms with Crippen LogP contribution in [0.15, 0.2) is 24.3 Å². The van der Waals surface area contributed by atoms with Gasteiger partial charge >= 0.3 is 6.09 Å². The van der Waals surface area contributed by atoms with Crippen LogP contribution in [-0.4, -0.2) is 73.8 Å². The van der Waals surface area contributed by atoms with Crippen LogP contribution in [0.4, 0.5) is 4.79 Å². The Hall–Kier alpha value is -2.28. The van der Waals surface area contributed by atoms with Crippen molar-refractivity contribution in [2.24, 2.45) is 5.41 Å². The first-order valence-electron chi connectivity index (χ1n) is 11.4. The van der Waals surface area contributed by atoms with Crippen molar-refractivity contribution in [2.75, 3.05) is 46.4 Å². The lowest BCUT2D eigenvalue weighted by molar-refractivity contribution is -0.0000698. The molecule has 2 heterocycles. The number of hydrogen-bond acceptors (Lipinski definition) is 5. The molecule has 0 saturated carbocycles. The number of hydrogen-bond donors (Lipinski definition) is 1. The van der Waals surface area contributed by atoms with Gasteiger partial charge in [-0.2, -0.15) is 0 Å². The van der Waals surface area contributed by atoms with Crippen molar-refractivity contribution in [1.82, 2.24) is 15.1 Å². The molecule has 7 heteroatoms. The fourth-order valence-electron chi connectivity index (χ4n) is 4.22. The normalized spacial score (nSPS) is 20.7. The van der Waals surface area contributed by atoms with Crippen LogP contribution in [0.5, 0.6) is 5.75 Å². The zero-order valence-corrected chi connectivity index (χ0v) is 19.4. The summed E-state index contributed by atoms with van der Waals surface area (Å²) in [4.78, 5) is 28.9. The Morgan fingerprint density at radius 3 is 2.52 bits per heavy atom. The molecule has 0 radical (unpaired) electrons. The van der Waals surface area contributed by atoms with E-state index in [0.29, 0.717) is 37.6 Å². The number of nitrogens with zero attached hydrogens (tertiary/aromatic N) is 2. The fraction of sp³-hybridized carbons (Fsp3) is 0.667. The largest absolute Gasteiger partial charge is 0.492 e. The highest BCUT2D eigenvalue weighted by molar-refractivity contribution is 5.96. The Morgan fingerprint density at radius 1 is 1.10 bits per heavy atom. The third-order valence-corrected chi connectivity index (χ3v) is 6.16. The van der Waals surface area contributed by atoms with Crippen molar-refractivity contribution < 1.29 is 19.1 Å². The molecule has 31 heavy (non-hydrogen) atoms. The smallest absolute Gasteiger partial charge is 0.410 e. The van der Waals surface area contributed by atoms with E-state index in [9.17, 15) is 9.59 Å². The van der Waals surface area contributed by atoms with Gasteiger partial charge in [-0.1, -0.05) is 12.1 Å². The Kier molecular flexibility index (Phi) is 7.46. The van der Waals surface area contributed by atoms with E-state index < -0.39 is 5.60 Å². The number of likely N-dealkylation sites (tertiary alicyclic amines) is 1. The Labute approximate surface area is 186 Å². The van der Waals surface area contributed by atoms with Crippen molar-refractivity contribution in [3.8, 4) is 5.75 Å². The summed E-state index contributed by atoms with van der Waals surface area (Å²) in [7, 11) is 1.83. The van der Waals surface area contributed by atoms with Gasteiger partial charge in [-0.25, -0.2) is 4.79 Å². The van der Waals surface area contributed by atoms with Crippen molar-refractivity contribution in [3.63, 3.8) is 0 Å². The predicted octanol–water partition coefficient (Wildman–Crippen LogP) is 3.54. The molecule has 172 valence electrons. The van der Waals surface area contributed by atoms with Gasteiger partial charge in [0.1, 0.15) is 11.4 Å². The van der Waals surface area contributed by atoms with Gasteiger partial charge in [-0.3, -0.25) is 4.79 Å². The summed E-state index contributed by atoms with van der Waals surface area (Å²) in [6.45, 7) is 9.88. The number of carbonyl (C=O) groups is 2. The molecule has 1 fully saturated rings. The summed E-state index contributed by atoms with van der Waals surface area (Å²) in [5, 5.41) is 3.45. The molecule has 3 rings (SSSR count). The van der Waals surface area contributed by atoms with Crippen molar-refractivity contribution in [1.29, 1.82) is 0 Å². The summed E-state index contributed by atoms with van der Waals surface area (Å²) in [5.41, 5.74) is 0.0948. The van der Waals surface area contributed by atoms with Crippen LogP contribution >= 0.6 is 0 Å². The molecule has 1 saturated heterocycles. The van der Waals surface area contributed by atoms with Crippen LogP contribution in [0.25, 0.3) is 0 Å². The second kappa shape index (κ2) is 9.90. The van der Waals surface area contributed by atoms with E-state index in [-0.39, 0.29) is 17.4 Å². The Bertz CT molecular complexity index is 766. The number of likely N-dealkylation sites (N-methyl/N-ethyl adjacent to an activating group) is 1. The molecule has 0 bridgehead atoms. The monoisotopic (exact) mass is 431 g/mol. The highest BCUT2D eigenvalue weighted by atomic mass is 16.6. The minimum Gasteiger partial charge on any atom is -0.492 e. The molecule has 0 aromatic heterocycles. The van der Waals surface area contributed by atoms with Gasteiger partial charge in [0.15, 0.2) is 0 Å². The van der Waals surface area contributed by atoms with Crippen molar-refractivity contribution in [3.05, 3.63) is 29.8 Å². The third kappa shape index (κ3) is 6.35. The number of amides is 2. The molecular weight excluding hydrogens is 394 g/mol. The Morgan fingerprint density at radius 2 is 1.81 bits per heavy atom. The molecule has 2 aliphatic rings. The van der Waals surface area contributed by atoms with Crippen molar-refractivity contribution in [2.45, 2.75) is 52.1 Å². The zero-order valence-electron chi connectivity index (χ0n) is 19.4. The van der Waals surface area contributed by atoms with Gasteiger partial charge in [0, 0.05) is 38.6 Å². The SMILES string of the molecule is CN1CCNCCCC2(CCN(C(=O)OC(C)(C)C)CC2)COc2ccccc2C1=O. The summed E-state index contributed by atoms with van der Waals surface area (Å²) < 4.78 is 11.8. The van der Waals surface area contributed by atoms with Gasteiger partial charge in [0.05, 0.1) is 12.2 Å². The fourth-order valence-corrected chi connectivity index (χ4v) is 4.22. The molecule has 0 unspecified atom stereocenters. The molecule has 2 amide bonds. The maximum absolute atomic E-state index is 12.9. The van der Waals surface area contributed by atoms with Gasteiger partial charge in [0.25, 0.3) is 5.91 Å². The number of carbonyl (C=O) groups excluding carboxylic acids is 2. The van der Waals surface area contributed by atoms with E-state index in [1.54, 1.807) is 4.90 Å². The summed E-state index contributed by atoms with van der Waals surface area (Å²) >= 11 is 0. The van der Waals surface area contributed by atoms with Crippen LogP contribution in [0, 0.1) is 5.41 Å². The van der Waals surface area contributed by atoms with E-state index >= 15 is 0 Å². The van der Waals surface area contributed by atoms with Gasteiger partial charge in [0.2, 0.25) is 0 Å². The topological polar surface area (TPSA) is 71.1 Å². The molecule has 0 atom stereocenters. The highest BCUT2D eigenvalue weighted by Crippen LogP contribution is 2.38. The molecule has 1 N–H and O–H groups in total. The van der Waals surface area contributed by atoms with Crippen LogP contribution < -0.4 is 10.1 Å². The second-order valence-corrected chi connectivity index (χ2v) is 9.83. The summed E-state index contributed by atoms with van der Waals surface area (Å²) in [6, 6.07) is 7.49. The molecule has 1 spiro atoms. The second-order valence-electron chi connectivity index (χ2n) is 9.83. The summed E-state index contributed by atoms with van der Waals surface area (Å²) in [6.07, 6.45) is 3.54. The number of ether oxygens (including phenoxy) is 2. The minimum atomic E-state index is -0.490. The van der Waals surface area contributed by atoms with Crippen LogP contribution in [0.3, 0.4) is 0 Å². The third-order valence-electron chi connectivity index (χ3n) is 6.16. The minimum absolute atomic E-state index is 0.0176. The van der Waals surface area contributed by atoms with Gasteiger partial charge in [-0.15, -0.1) is 0 Å². The number of benzene rings is 1. The first kappa shape index (κ1) is 23.4. The molecule has 0 aliphatic carbocycles. The van der Waals surface area contributed by atoms with E-state index in [2.05, 4.69) is 5.32 Å². The van der Waals surface area contributed by atoms with Gasteiger partial charge < -0.3 is 24.6 Å². The standard InChI is InChI=1S/C24H37N3O4/c1-23(2,3)31-22(29)27-15-11-24(12-16-27)10-7-13-25-14-17-26(4)21(28)19-8-5-6-9-20(19)30-18-24/h5-6,8-9,25H,7,10-18H2,1-4H3. The number of para-hydroxylation sites is 1. The van der Waals surface area contributed by atoms with E-state index in [1.807, 2.05) is 57.0 Å². The van der Waals surface area contributed by atoms with E-state index in [1.165, 1.54) is 0 Å². The van der Waals surface area contributed by atoms with Crippen molar-refractivity contribution >= 4 is 12.0 Å². The number of piperidine rings is 1. The first-order chi connectivity index (χ1) is 14.7. The lowest BCUT2D eigenvalue weighted by Crippen LogP contribution is -2.47. The number of fused-ring (bicyclic) bond motifs is 1. The van der Waals surface area contributed by atoms with Crippen LogP contribution in [0.2, 0.25) is 0 Å². The highest BCUT2D eigenvalue weighted by Gasteiger charge is 2.38. The van der Waals surface area contributed by atoms with E-state index in [0.717, 1.165) is 38.8 Å². The quantitative estimate of drug-likeness (QED) is 0.680. The van der Waals surface area contributed by atoms with Crippen LogP contribution in [0.1, 0.15) is 56.8 Å². The zero-order chi connectivity index (χ0) is 22.5. The molecule has 1 aromatic rings. The average Bonchev–Trinajstić information content (AvgIpc) is 2.74. The maximum Gasteiger partial charge on any atom is 0.410 e. The summed E-state index contributed by atoms with van der Waals surface area (Å²) in [5.74, 6) is 0.617. The molecule has 1 aromatic carbocycles. The van der Waals surface area contributed by atoms with E-state index in [4.69, 9.17) is 9.47 Å². The average molecular weight is 432 g/mol. The maximum atomic E-state index is 12.9. The lowest BCUT2D eigenvalue weighted by Gasteiger charge is -2.42. The predicted molar refractivity (Wildman–Crippen MR) is 120 cm³/mol. The molecule has 7 nitrogen and oxygen atoms in total. The lowest BCUT2D eigenvalue weighted by atomic mass is 9.75. The van der Waals surface area contributed by atoms with Crippen LogP contribution in [-0.2, 0) is 4.74 Å². The van der Waals surface area contributed by atoms with Gasteiger partial charge in [-0.05, 0) is 65.1 Å². The number of rotatable bonds is 0. The molecular formula is C24H37N3O4. The first-order valence-corrected chi connectivity index (χ1v) is 11.4.